The number of hydrogen-bond acceptors (Lipinski definition) is 10. The molecule has 10 nitrogen and oxygen atoms in total. The summed E-state index contributed by atoms with van der Waals surface area (Å²) in [7, 11) is -1.91. The van der Waals surface area contributed by atoms with Crippen molar-refractivity contribution in [2.24, 2.45) is 0 Å². The number of thiazole rings is 1. The number of β-amino-alcohol motifs (C(OH)–C–C–N with tert-alkyl or cyclic N) is 1. The van der Waals surface area contributed by atoms with Gasteiger partial charge in [0, 0.05) is 24.9 Å². The van der Waals surface area contributed by atoms with Gasteiger partial charge in [0.15, 0.2) is 15.1 Å². The first-order valence-electron chi connectivity index (χ1n) is 11.4. The van der Waals surface area contributed by atoms with E-state index in [0.29, 0.717) is 48.0 Å². The summed E-state index contributed by atoms with van der Waals surface area (Å²) in [6.45, 7) is 1.21. The largest absolute Gasteiger partial charge is 0.422 e. The molecule has 188 valence electrons. The molecule has 1 aliphatic heterocycles. The summed E-state index contributed by atoms with van der Waals surface area (Å²) in [5.74, 6) is 0.172. The Morgan fingerprint density at radius 1 is 1.25 bits per heavy atom. The highest BCUT2D eigenvalue weighted by atomic mass is 32.2. The number of aromatic nitrogens is 3. The number of amides is 1. The van der Waals surface area contributed by atoms with E-state index in [1.807, 2.05) is 36.4 Å². The van der Waals surface area contributed by atoms with Crippen LogP contribution in [-0.4, -0.2) is 72.0 Å². The minimum Gasteiger partial charge on any atom is -0.422 e. The van der Waals surface area contributed by atoms with Crippen LogP contribution in [0.25, 0.3) is 21.3 Å². The molecule has 1 unspecified atom stereocenters. The second-order valence-electron chi connectivity index (χ2n) is 8.78. The van der Waals surface area contributed by atoms with Gasteiger partial charge in [-0.25, -0.2) is 13.4 Å². The van der Waals surface area contributed by atoms with E-state index >= 15 is 0 Å². The highest BCUT2D eigenvalue weighted by Crippen LogP contribution is 2.36. The van der Waals surface area contributed by atoms with Crippen molar-refractivity contribution in [2.75, 3.05) is 26.4 Å². The van der Waals surface area contributed by atoms with Crippen LogP contribution in [0.1, 0.15) is 38.8 Å². The van der Waals surface area contributed by atoms with Gasteiger partial charge in [0.1, 0.15) is 5.01 Å². The van der Waals surface area contributed by atoms with Crippen molar-refractivity contribution in [1.29, 1.82) is 0 Å². The van der Waals surface area contributed by atoms with Crippen molar-refractivity contribution in [2.45, 2.75) is 24.3 Å². The van der Waals surface area contributed by atoms with Gasteiger partial charge in [-0.05, 0) is 48.9 Å². The molecule has 2 aromatic carbocycles. The number of aliphatic hydroxyl groups is 1. The second-order valence-corrected chi connectivity index (χ2v) is 12.0. The van der Waals surface area contributed by atoms with Crippen molar-refractivity contribution in [3.8, 4) is 11.1 Å². The van der Waals surface area contributed by atoms with Gasteiger partial charge >= 0.3 is 0 Å². The zero-order valence-electron chi connectivity index (χ0n) is 19.7. The lowest BCUT2D eigenvalue weighted by Gasteiger charge is -2.16. The van der Waals surface area contributed by atoms with Crippen molar-refractivity contribution in [3.05, 3.63) is 64.8 Å². The van der Waals surface area contributed by atoms with Crippen molar-refractivity contribution in [1.82, 2.24) is 25.4 Å². The van der Waals surface area contributed by atoms with Gasteiger partial charge in [0.05, 0.1) is 22.9 Å². The molecule has 5 rings (SSSR count). The quantitative estimate of drug-likeness (QED) is 0.371. The van der Waals surface area contributed by atoms with Crippen LogP contribution in [-0.2, 0) is 16.4 Å². The molecule has 2 aromatic heterocycles. The molecule has 36 heavy (non-hydrogen) atoms. The van der Waals surface area contributed by atoms with Gasteiger partial charge < -0.3 is 19.7 Å². The normalized spacial score (nSPS) is 17.1. The maximum Gasteiger partial charge on any atom is 0.253 e. The Morgan fingerprint density at radius 3 is 2.78 bits per heavy atom. The number of fused-ring (bicyclic) bond motifs is 1. The Balaban J connectivity index is 1.47. The Morgan fingerprint density at radius 2 is 2.06 bits per heavy atom. The van der Waals surface area contributed by atoms with E-state index in [1.165, 1.54) is 11.3 Å². The second kappa shape index (κ2) is 9.69. The Labute approximate surface area is 211 Å². The molecule has 3 heterocycles. The molecule has 1 fully saturated rings. The fraction of sp³-hybridized carbons (Fsp3) is 0.333. The molecule has 0 radical (unpaired) electrons. The van der Waals surface area contributed by atoms with Crippen molar-refractivity contribution in [3.63, 3.8) is 0 Å². The summed E-state index contributed by atoms with van der Waals surface area (Å²) in [6.07, 6.45) is 1.24. The summed E-state index contributed by atoms with van der Waals surface area (Å²) in [5, 5.41) is 19.7. The molecule has 2 N–H and O–H groups in total. The zero-order chi connectivity index (χ0) is 25.4. The lowest BCUT2D eigenvalue weighted by Crippen LogP contribution is -2.29. The third-order valence-corrected chi connectivity index (χ3v) is 8.50. The van der Waals surface area contributed by atoms with E-state index in [9.17, 15) is 18.3 Å². The number of benzene rings is 2. The van der Waals surface area contributed by atoms with Gasteiger partial charge in [-0.1, -0.05) is 18.2 Å². The van der Waals surface area contributed by atoms with Crippen LogP contribution in [0.4, 0.5) is 0 Å². The fourth-order valence-electron chi connectivity index (χ4n) is 4.24. The summed E-state index contributed by atoms with van der Waals surface area (Å²) in [5.41, 5.74) is 2.93. The van der Waals surface area contributed by atoms with Gasteiger partial charge in [0.25, 0.3) is 5.91 Å². The summed E-state index contributed by atoms with van der Waals surface area (Å²) < 4.78 is 31.7. The average Bonchev–Trinajstić information content (AvgIpc) is 3.58. The number of carbonyl (C=O) groups excluding carboxylic acids is 1. The van der Waals surface area contributed by atoms with Gasteiger partial charge in [-0.15, -0.1) is 21.5 Å². The van der Waals surface area contributed by atoms with E-state index in [1.54, 1.807) is 18.0 Å². The van der Waals surface area contributed by atoms with Crippen LogP contribution in [0.3, 0.4) is 0 Å². The Kier molecular flexibility index (Phi) is 6.60. The van der Waals surface area contributed by atoms with Crippen LogP contribution in [0.2, 0.25) is 0 Å². The molecule has 0 saturated carbocycles. The minimum atomic E-state index is -3.64. The summed E-state index contributed by atoms with van der Waals surface area (Å²) >= 11 is 1.25. The predicted molar refractivity (Wildman–Crippen MR) is 135 cm³/mol. The highest BCUT2D eigenvalue weighted by Gasteiger charge is 2.34. The molecule has 1 amide bonds. The fourth-order valence-corrected chi connectivity index (χ4v) is 6.77. The number of hydrogen-bond donors (Lipinski definition) is 2. The van der Waals surface area contributed by atoms with Gasteiger partial charge in [-0.2, -0.15) is 0 Å². The average molecular weight is 528 g/mol. The van der Waals surface area contributed by atoms with E-state index in [4.69, 9.17) is 4.42 Å². The number of carbonyl (C=O) groups is 1. The first-order chi connectivity index (χ1) is 17.2. The number of nitrogens with one attached hydrogen (secondary N) is 1. The topological polar surface area (TPSA) is 139 Å². The first kappa shape index (κ1) is 24.5. The molecule has 1 aliphatic rings. The van der Waals surface area contributed by atoms with Crippen LogP contribution in [0.5, 0.6) is 0 Å². The van der Waals surface area contributed by atoms with E-state index < -0.39 is 21.2 Å². The third-order valence-electron chi connectivity index (χ3n) is 5.99. The maximum atomic E-state index is 12.9. The molecule has 0 aliphatic carbocycles. The van der Waals surface area contributed by atoms with Crippen molar-refractivity contribution < 1.29 is 22.7 Å². The van der Waals surface area contributed by atoms with Crippen molar-refractivity contribution >= 4 is 37.3 Å². The van der Waals surface area contributed by atoms with Crippen LogP contribution in [0, 0.1) is 0 Å². The van der Waals surface area contributed by atoms with E-state index in [2.05, 4.69) is 20.5 Å². The smallest absolute Gasteiger partial charge is 0.253 e. The lowest BCUT2D eigenvalue weighted by atomic mass is 10.0. The summed E-state index contributed by atoms with van der Waals surface area (Å²) in [6, 6.07) is 13.0. The maximum absolute atomic E-state index is 12.9. The molecular formula is C24H25N5O5S2. The van der Waals surface area contributed by atoms with Crippen LogP contribution >= 0.6 is 11.3 Å². The SMILES string of the molecule is CNCc1nnc(C(c2nc3ccc(-c4cccc(C(=O)N5CC[C@H](O)C5)c4)cc3s2)S(C)(=O)=O)o1. The molecule has 12 heteroatoms. The third kappa shape index (κ3) is 4.89. The number of aliphatic hydroxyl groups excluding tert-OH is 1. The predicted octanol–water partition coefficient (Wildman–Crippen LogP) is 2.41. The molecule has 1 saturated heterocycles. The molecule has 2 atom stereocenters. The first-order valence-corrected chi connectivity index (χ1v) is 14.1. The molecule has 0 bridgehead atoms. The Bertz CT molecular complexity index is 1530. The number of nitrogens with zero attached hydrogens (tertiary/aromatic N) is 4. The van der Waals surface area contributed by atoms with Crippen LogP contribution < -0.4 is 5.32 Å². The van der Waals surface area contributed by atoms with Crippen LogP contribution in [0.15, 0.2) is 46.9 Å². The lowest BCUT2D eigenvalue weighted by molar-refractivity contribution is 0.0765. The monoisotopic (exact) mass is 527 g/mol. The van der Waals surface area contributed by atoms with E-state index in [0.717, 1.165) is 22.1 Å². The van der Waals surface area contributed by atoms with Gasteiger partial charge in [-0.3, -0.25) is 4.79 Å². The summed E-state index contributed by atoms with van der Waals surface area (Å²) in [4.78, 5) is 19.1. The molecular weight excluding hydrogens is 502 g/mol. The molecule has 4 aromatic rings. The Hall–Kier alpha value is -3.19. The minimum absolute atomic E-state index is 0.0136. The number of sulfone groups is 1. The standard InChI is InChI=1S/C24H25N5O5S2/c1-25-12-20-27-28-22(34-20)21(36(2,32)33)23-26-18-7-6-15(11-19(18)35-23)14-4-3-5-16(10-14)24(31)29-9-8-17(30)13-29/h3-7,10-11,17,21,25,30H,8-9,12-13H2,1-2H3/t17-,21?/m0/s1. The molecule has 0 spiro atoms. The van der Waals surface area contributed by atoms with E-state index in [-0.39, 0.29) is 11.8 Å². The number of likely N-dealkylation sites (tertiary alicyclic amines) is 1. The highest BCUT2D eigenvalue weighted by molar-refractivity contribution is 7.91. The van der Waals surface area contributed by atoms with Gasteiger partial charge in [0.2, 0.25) is 11.8 Å². The zero-order valence-corrected chi connectivity index (χ0v) is 21.3. The number of rotatable bonds is 7.